The number of nitro groups is 1. The number of benzene rings is 3. The molecule has 3 aromatic rings. The fourth-order valence-corrected chi connectivity index (χ4v) is 6.57. The van der Waals surface area contributed by atoms with Gasteiger partial charge in [-0.15, -0.1) is 0 Å². The second kappa shape index (κ2) is 10.3. The van der Waals surface area contributed by atoms with Crippen molar-refractivity contribution in [3.8, 4) is 5.75 Å². The average Bonchev–Trinajstić information content (AvgIpc) is 3.18. The van der Waals surface area contributed by atoms with Crippen LogP contribution in [0.1, 0.15) is 39.9 Å². The Balaban J connectivity index is 1.53. The Morgan fingerprint density at radius 2 is 1.82 bits per heavy atom. The van der Waals surface area contributed by atoms with Crippen LogP contribution in [0, 0.1) is 13.7 Å². The van der Waals surface area contributed by atoms with Gasteiger partial charge in [-0.1, -0.05) is 24.3 Å². The molecule has 38 heavy (non-hydrogen) atoms. The van der Waals surface area contributed by atoms with Crippen LogP contribution in [0.2, 0.25) is 0 Å². The van der Waals surface area contributed by atoms with Crippen LogP contribution in [0.3, 0.4) is 0 Å². The Hall–Kier alpha value is -3.51. The van der Waals surface area contributed by atoms with Crippen molar-refractivity contribution >= 4 is 61.7 Å². The number of nitrogens with one attached hydrogen (secondary N) is 1. The topological polar surface area (TPSA) is 108 Å². The molecule has 192 valence electrons. The maximum Gasteiger partial charge on any atom is 0.336 e. The molecular formula is C28H20BrIN2O6. The first-order valence-electron chi connectivity index (χ1n) is 11.5. The van der Waals surface area contributed by atoms with E-state index in [1.807, 2.05) is 30.3 Å². The van der Waals surface area contributed by atoms with E-state index in [0.29, 0.717) is 38.3 Å². The first-order valence-corrected chi connectivity index (χ1v) is 13.4. The number of esters is 1. The summed E-state index contributed by atoms with van der Waals surface area (Å²) in [6.45, 7) is 2.00. The van der Waals surface area contributed by atoms with Crippen LogP contribution >= 0.6 is 38.5 Å². The number of hydrogen-bond donors (Lipinski definition) is 1. The number of halogens is 2. The molecule has 1 aliphatic heterocycles. The van der Waals surface area contributed by atoms with Gasteiger partial charge < -0.3 is 14.8 Å². The van der Waals surface area contributed by atoms with Crippen LogP contribution in [-0.4, -0.2) is 23.8 Å². The molecule has 0 amide bonds. The van der Waals surface area contributed by atoms with Gasteiger partial charge in [0.2, 0.25) is 0 Å². The van der Waals surface area contributed by atoms with E-state index in [1.54, 1.807) is 25.1 Å². The summed E-state index contributed by atoms with van der Waals surface area (Å²) in [4.78, 5) is 37.0. The van der Waals surface area contributed by atoms with Crippen LogP contribution in [0.4, 0.5) is 5.69 Å². The number of carbonyl (C=O) groups is 2. The molecule has 3 aromatic carbocycles. The van der Waals surface area contributed by atoms with E-state index in [0.717, 1.165) is 20.3 Å². The number of allylic oxidation sites excluding steroid dienone is 2. The molecule has 0 saturated heterocycles. The highest BCUT2D eigenvalue weighted by molar-refractivity contribution is 14.1. The van der Waals surface area contributed by atoms with Crippen LogP contribution in [0.5, 0.6) is 5.75 Å². The van der Waals surface area contributed by atoms with Crippen molar-refractivity contribution in [2.45, 2.75) is 19.4 Å². The summed E-state index contributed by atoms with van der Waals surface area (Å²) in [5, 5.41) is 14.2. The quantitative estimate of drug-likeness (QED) is 0.141. The van der Waals surface area contributed by atoms with E-state index in [-0.39, 0.29) is 18.1 Å². The number of dihydropyridines is 1. The number of ketones is 1. The molecule has 1 heterocycles. The molecule has 1 aliphatic carbocycles. The van der Waals surface area contributed by atoms with Crippen molar-refractivity contribution in [2.75, 3.05) is 7.11 Å². The number of nitro benzene ring substituents is 1. The zero-order chi connectivity index (χ0) is 27.1. The molecule has 2 aliphatic rings. The predicted molar refractivity (Wildman–Crippen MR) is 153 cm³/mol. The third-order valence-electron chi connectivity index (χ3n) is 6.54. The van der Waals surface area contributed by atoms with E-state index >= 15 is 0 Å². The number of Topliss-reactive ketones (excluding diaryl/α,β-unsaturated/α-hetero) is 1. The summed E-state index contributed by atoms with van der Waals surface area (Å²) < 4.78 is 12.6. The predicted octanol–water partition coefficient (Wildman–Crippen LogP) is 6.28. The number of hydrogen-bond acceptors (Lipinski definition) is 7. The molecule has 10 heteroatoms. The number of ether oxygens (including phenoxy) is 2. The molecule has 0 fully saturated rings. The lowest BCUT2D eigenvalue weighted by Crippen LogP contribution is -2.29. The van der Waals surface area contributed by atoms with Crippen LogP contribution in [-0.2, 0) is 16.1 Å². The fourth-order valence-electron chi connectivity index (χ4n) is 4.80. The van der Waals surface area contributed by atoms with E-state index in [2.05, 4.69) is 43.8 Å². The monoisotopic (exact) mass is 686 g/mol. The number of methoxy groups -OCH3 is 1. The number of nitrogens with zero attached hydrogens (tertiary/aromatic N) is 1. The van der Waals surface area contributed by atoms with Gasteiger partial charge >= 0.3 is 5.97 Å². The Kier molecular flexibility index (Phi) is 7.10. The van der Waals surface area contributed by atoms with Gasteiger partial charge in [0.1, 0.15) is 12.4 Å². The molecule has 0 radical (unpaired) electrons. The van der Waals surface area contributed by atoms with Crippen molar-refractivity contribution in [3.63, 3.8) is 0 Å². The van der Waals surface area contributed by atoms with Gasteiger partial charge in [-0.3, -0.25) is 14.9 Å². The third kappa shape index (κ3) is 4.51. The maximum atomic E-state index is 13.6. The Labute approximate surface area is 240 Å². The van der Waals surface area contributed by atoms with E-state index < -0.39 is 16.8 Å². The first kappa shape index (κ1) is 26.1. The summed E-state index contributed by atoms with van der Waals surface area (Å²) in [6, 6.07) is 17.3. The van der Waals surface area contributed by atoms with Crippen molar-refractivity contribution in [1.29, 1.82) is 0 Å². The van der Waals surface area contributed by atoms with Gasteiger partial charge in [0.05, 0.1) is 31.3 Å². The van der Waals surface area contributed by atoms with Crippen LogP contribution < -0.4 is 10.1 Å². The second-order valence-electron chi connectivity index (χ2n) is 8.78. The summed E-state index contributed by atoms with van der Waals surface area (Å²) >= 11 is 5.76. The first-order chi connectivity index (χ1) is 18.2. The van der Waals surface area contributed by atoms with Gasteiger partial charge in [-0.25, -0.2) is 4.79 Å². The highest BCUT2D eigenvalue weighted by Crippen LogP contribution is 2.48. The molecule has 1 atom stereocenters. The number of carbonyl (C=O) groups excluding carboxylic acids is 2. The average molecular weight is 687 g/mol. The van der Waals surface area contributed by atoms with Crippen molar-refractivity contribution in [1.82, 2.24) is 5.32 Å². The normalized spacial score (nSPS) is 16.1. The van der Waals surface area contributed by atoms with Crippen molar-refractivity contribution in [2.24, 2.45) is 0 Å². The highest BCUT2D eigenvalue weighted by atomic mass is 127. The zero-order valence-electron chi connectivity index (χ0n) is 20.2. The summed E-state index contributed by atoms with van der Waals surface area (Å²) in [6.07, 6.45) is 0. The summed E-state index contributed by atoms with van der Waals surface area (Å²) in [5.74, 6) is -0.712. The number of non-ortho nitro benzene ring substituents is 1. The Bertz CT molecular complexity index is 1560. The second-order valence-corrected chi connectivity index (χ2v) is 10.8. The van der Waals surface area contributed by atoms with Gasteiger partial charge in [0.15, 0.2) is 5.78 Å². The molecular weight excluding hydrogens is 667 g/mol. The SMILES string of the molecule is COC(=O)C1=C(C)NC2=C(C(=O)c3ccccc32)[C@H]1c1cc(Br)c(OCc2ccc([N+](=O)[O-])cc2)c(I)c1. The lowest BCUT2D eigenvalue weighted by molar-refractivity contribution is -0.384. The molecule has 1 N–H and O–H groups in total. The zero-order valence-corrected chi connectivity index (χ0v) is 24.0. The molecule has 0 spiro atoms. The summed E-state index contributed by atoms with van der Waals surface area (Å²) in [7, 11) is 1.32. The Morgan fingerprint density at radius 3 is 2.45 bits per heavy atom. The Morgan fingerprint density at radius 1 is 1.13 bits per heavy atom. The maximum absolute atomic E-state index is 13.6. The van der Waals surface area contributed by atoms with Crippen LogP contribution in [0.25, 0.3) is 5.70 Å². The lowest BCUT2D eigenvalue weighted by Gasteiger charge is -2.29. The smallest absolute Gasteiger partial charge is 0.336 e. The third-order valence-corrected chi connectivity index (χ3v) is 7.93. The van der Waals surface area contributed by atoms with E-state index in [4.69, 9.17) is 9.47 Å². The molecule has 0 aromatic heterocycles. The van der Waals surface area contributed by atoms with E-state index in [1.165, 1.54) is 19.2 Å². The fraction of sp³-hybridized carbons (Fsp3) is 0.143. The van der Waals surface area contributed by atoms with Gasteiger partial charge in [-0.05, 0) is 80.8 Å². The van der Waals surface area contributed by atoms with E-state index in [9.17, 15) is 19.7 Å². The minimum atomic E-state index is -0.646. The molecule has 8 nitrogen and oxygen atoms in total. The molecule has 0 saturated carbocycles. The molecule has 0 bridgehead atoms. The largest absolute Gasteiger partial charge is 0.487 e. The molecule has 5 rings (SSSR count). The van der Waals surface area contributed by atoms with Crippen molar-refractivity contribution in [3.05, 3.63) is 118 Å². The van der Waals surface area contributed by atoms with Gasteiger partial charge in [0, 0.05) is 40.4 Å². The highest BCUT2D eigenvalue weighted by Gasteiger charge is 2.43. The van der Waals surface area contributed by atoms with Gasteiger partial charge in [0.25, 0.3) is 5.69 Å². The standard InChI is InChI=1S/C28H20BrIN2O6/c1-14-22(28(34)37-2)23(24-25(31-14)18-5-3-4-6-19(18)26(24)33)16-11-20(29)27(21(30)12-16)38-13-15-7-9-17(10-8-15)32(35)36/h3-12,23,31H,13H2,1-2H3/t23-/m0/s1. The minimum absolute atomic E-state index is 0.0119. The number of rotatable bonds is 6. The molecule has 0 unspecified atom stereocenters. The van der Waals surface area contributed by atoms with Gasteiger partial charge in [-0.2, -0.15) is 0 Å². The minimum Gasteiger partial charge on any atom is -0.487 e. The lowest BCUT2D eigenvalue weighted by atomic mass is 9.80. The summed E-state index contributed by atoms with van der Waals surface area (Å²) in [5.41, 5.74) is 5.10. The number of fused-ring (bicyclic) bond motifs is 2. The van der Waals surface area contributed by atoms with Crippen molar-refractivity contribution < 1.29 is 24.0 Å². The van der Waals surface area contributed by atoms with Crippen LogP contribution in [0.15, 0.2) is 82.0 Å².